The van der Waals surface area contributed by atoms with Gasteiger partial charge in [0.2, 0.25) is 5.89 Å². The van der Waals surface area contributed by atoms with Crippen LogP contribution in [0.5, 0.6) is 0 Å². The highest BCUT2D eigenvalue weighted by atomic mass is 127. The Kier molecular flexibility index (Phi) is 9.69. The van der Waals surface area contributed by atoms with Crippen LogP contribution in [0.3, 0.4) is 0 Å². The van der Waals surface area contributed by atoms with Crippen LogP contribution >= 0.6 is 24.0 Å². The minimum absolute atomic E-state index is 0. The molecule has 1 unspecified atom stereocenters. The first-order valence-corrected chi connectivity index (χ1v) is 9.84. The van der Waals surface area contributed by atoms with Crippen molar-refractivity contribution in [1.29, 1.82) is 0 Å². The van der Waals surface area contributed by atoms with E-state index in [1.807, 2.05) is 6.92 Å². The smallest absolute Gasteiger partial charge is 0.228 e. The molecule has 1 aliphatic rings. The Morgan fingerprint density at radius 1 is 1.29 bits per heavy atom. The van der Waals surface area contributed by atoms with Gasteiger partial charge in [-0.2, -0.15) is 4.98 Å². The van der Waals surface area contributed by atoms with Crippen LogP contribution in [0.25, 0.3) is 0 Å². The molecule has 1 aromatic heterocycles. The summed E-state index contributed by atoms with van der Waals surface area (Å²) in [7, 11) is 0. The van der Waals surface area contributed by atoms with Crippen LogP contribution in [0.1, 0.15) is 37.0 Å². The average Bonchev–Trinajstić information content (AvgIpc) is 3.29. The molecule has 2 heterocycles. The Labute approximate surface area is 184 Å². The van der Waals surface area contributed by atoms with Crippen molar-refractivity contribution in [2.75, 3.05) is 26.2 Å². The lowest BCUT2D eigenvalue weighted by Crippen LogP contribution is -2.40. The summed E-state index contributed by atoms with van der Waals surface area (Å²) in [5.74, 6) is 2.17. The summed E-state index contributed by atoms with van der Waals surface area (Å²) in [6.07, 6.45) is 3.14. The number of aryl methyl sites for hydroxylation is 1. The minimum Gasteiger partial charge on any atom is -0.357 e. The summed E-state index contributed by atoms with van der Waals surface area (Å²) in [5.41, 5.74) is 1.37. The fraction of sp³-hybridized carbons (Fsp3) is 0.550. The molecule has 1 saturated heterocycles. The number of rotatable bonds is 8. The number of nitrogens with one attached hydrogen (secondary N) is 2. The average molecular weight is 498 g/mol. The van der Waals surface area contributed by atoms with Crippen molar-refractivity contribution in [3.63, 3.8) is 0 Å². The van der Waals surface area contributed by atoms with Crippen molar-refractivity contribution in [1.82, 2.24) is 25.7 Å². The first-order valence-electron chi connectivity index (χ1n) is 9.84. The van der Waals surface area contributed by atoms with E-state index in [0.29, 0.717) is 30.7 Å². The van der Waals surface area contributed by atoms with E-state index in [0.717, 1.165) is 32.1 Å². The van der Waals surface area contributed by atoms with Gasteiger partial charge in [0.1, 0.15) is 0 Å². The van der Waals surface area contributed by atoms with E-state index in [1.54, 1.807) is 0 Å². The molecule has 1 atom stereocenters. The third kappa shape index (κ3) is 7.05. The molecule has 0 saturated carbocycles. The molecule has 154 valence electrons. The molecule has 8 heteroatoms. The molecular formula is C20H31IN6O. The van der Waals surface area contributed by atoms with E-state index in [1.165, 1.54) is 18.4 Å². The predicted octanol–water partition coefficient (Wildman–Crippen LogP) is 2.76. The van der Waals surface area contributed by atoms with Crippen LogP contribution < -0.4 is 10.6 Å². The van der Waals surface area contributed by atoms with Crippen LogP contribution in [0, 0.1) is 6.92 Å². The first-order chi connectivity index (χ1) is 13.2. The third-order valence-electron chi connectivity index (χ3n) is 4.73. The maximum absolute atomic E-state index is 5.15. The SMILES string of the molecule is CCNC(=NCC1CCCN1Cc1ccccc1)NCCc1nc(C)no1.I. The van der Waals surface area contributed by atoms with E-state index in [9.17, 15) is 0 Å². The molecule has 0 bridgehead atoms. The fourth-order valence-electron chi connectivity index (χ4n) is 3.40. The summed E-state index contributed by atoms with van der Waals surface area (Å²) in [6.45, 7) is 8.42. The quantitative estimate of drug-likeness (QED) is 0.331. The lowest BCUT2D eigenvalue weighted by Gasteiger charge is -2.23. The highest BCUT2D eigenvalue weighted by Gasteiger charge is 2.24. The molecule has 2 N–H and O–H groups in total. The van der Waals surface area contributed by atoms with E-state index < -0.39 is 0 Å². The third-order valence-corrected chi connectivity index (χ3v) is 4.73. The zero-order valence-corrected chi connectivity index (χ0v) is 19.1. The van der Waals surface area contributed by atoms with Gasteiger partial charge in [-0.05, 0) is 38.8 Å². The van der Waals surface area contributed by atoms with E-state index in [2.05, 4.69) is 62.9 Å². The lowest BCUT2D eigenvalue weighted by atomic mass is 10.2. The second-order valence-electron chi connectivity index (χ2n) is 6.88. The van der Waals surface area contributed by atoms with Gasteiger partial charge in [-0.1, -0.05) is 35.5 Å². The number of guanidine groups is 1. The summed E-state index contributed by atoms with van der Waals surface area (Å²) in [5, 5.41) is 10.5. The number of hydrogen-bond acceptors (Lipinski definition) is 5. The van der Waals surface area contributed by atoms with Gasteiger partial charge >= 0.3 is 0 Å². The Balaban J connectivity index is 0.00000280. The Morgan fingerprint density at radius 2 is 2.11 bits per heavy atom. The van der Waals surface area contributed by atoms with Crippen LogP contribution in [0.15, 0.2) is 39.8 Å². The van der Waals surface area contributed by atoms with Gasteiger partial charge in [-0.25, -0.2) is 0 Å². The van der Waals surface area contributed by atoms with Gasteiger partial charge in [0.25, 0.3) is 0 Å². The Bertz CT molecular complexity index is 720. The number of nitrogens with zero attached hydrogens (tertiary/aromatic N) is 4. The van der Waals surface area contributed by atoms with Crippen LogP contribution in [0.2, 0.25) is 0 Å². The molecule has 7 nitrogen and oxygen atoms in total. The zero-order valence-electron chi connectivity index (χ0n) is 16.7. The number of aromatic nitrogens is 2. The molecule has 0 spiro atoms. The number of aliphatic imine (C=N–C) groups is 1. The standard InChI is InChI=1S/C20H30N6O.HI/c1-3-21-20(22-12-11-19-24-16(2)25-27-19)23-14-18-10-7-13-26(18)15-17-8-5-4-6-9-17;/h4-6,8-9,18H,3,7,10-15H2,1-2H3,(H2,21,22,23);1H. The molecule has 0 aliphatic carbocycles. The largest absolute Gasteiger partial charge is 0.357 e. The normalized spacial score (nSPS) is 17.4. The van der Waals surface area contributed by atoms with Gasteiger partial charge in [0.15, 0.2) is 11.8 Å². The molecule has 28 heavy (non-hydrogen) atoms. The maximum atomic E-state index is 5.15. The summed E-state index contributed by atoms with van der Waals surface area (Å²) in [4.78, 5) is 11.6. The highest BCUT2D eigenvalue weighted by Crippen LogP contribution is 2.20. The minimum atomic E-state index is 0. The lowest BCUT2D eigenvalue weighted by molar-refractivity contribution is 0.250. The fourth-order valence-corrected chi connectivity index (χ4v) is 3.40. The van der Waals surface area contributed by atoms with Crippen molar-refractivity contribution in [2.45, 2.75) is 45.7 Å². The van der Waals surface area contributed by atoms with E-state index >= 15 is 0 Å². The van der Waals surface area contributed by atoms with Crippen LogP contribution in [-0.2, 0) is 13.0 Å². The van der Waals surface area contributed by atoms with Crippen LogP contribution in [-0.4, -0.2) is 53.2 Å². The Hall–Kier alpha value is -1.68. The zero-order chi connectivity index (χ0) is 18.9. The molecule has 1 fully saturated rings. The molecule has 3 rings (SSSR count). The van der Waals surface area contributed by atoms with Crippen molar-refractivity contribution in [2.24, 2.45) is 4.99 Å². The number of hydrogen-bond donors (Lipinski definition) is 2. The molecule has 1 aromatic carbocycles. The van der Waals surface area contributed by atoms with E-state index in [-0.39, 0.29) is 24.0 Å². The second kappa shape index (κ2) is 12.0. The molecule has 0 amide bonds. The van der Waals surface area contributed by atoms with Gasteiger partial charge in [-0.3, -0.25) is 9.89 Å². The second-order valence-corrected chi connectivity index (χ2v) is 6.88. The van der Waals surface area contributed by atoms with Crippen molar-refractivity contribution in [3.05, 3.63) is 47.6 Å². The maximum Gasteiger partial charge on any atom is 0.228 e. The van der Waals surface area contributed by atoms with Crippen LogP contribution in [0.4, 0.5) is 0 Å². The molecular weight excluding hydrogens is 467 g/mol. The summed E-state index contributed by atoms with van der Waals surface area (Å²) >= 11 is 0. The molecule has 1 aliphatic heterocycles. The van der Waals surface area contributed by atoms with Gasteiger partial charge in [0.05, 0.1) is 6.54 Å². The highest BCUT2D eigenvalue weighted by molar-refractivity contribution is 14.0. The molecule has 0 radical (unpaired) electrons. The van der Waals surface area contributed by atoms with Crippen molar-refractivity contribution in [3.8, 4) is 0 Å². The predicted molar refractivity (Wildman–Crippen MR) is 122 cm³/mol. The Morgan fingerprint density at radius 3 is 2.82 bits per heavy atom. The van der Waals surface area contributed by atoms with Crippen molar-refractivity contribution < 1.29 is 4.52 Å². The van der Waals surface area contributed by atoms with E-state index in [4.69, 9.17) is 9.52 Å². The summed E-state index contributed by atoms with van der Waals surface area (Å²) in [6, 6.07) is 11.2. The first kappa shape index (κ1) is 22.6. The van der Waals surface area contributed by atoms with Gasteiger partial charge in [-0.15, -0.1) is 24.0 Å². The topological polar surface area (TPSA) is 78.6 Å². The number of benzene rings is 1. The summed E-state index contributed by atoms with van der Waals surface area (Å²) < 4.78 is 5.15. The van der Waals surface area contributed by atoms with Gasteiger partial charge in [0, 0.05) is 32.1 Å². The number of halogens is 1. The number of likely N-dealkylation sites (tertiary alicyclic amines) is 1. The van der Waals surface area contributed by atoms with Crippen molar-refractivity contribution >= 4 is 29.9 Å². The molecule has 2 aromatic rings. The monoisotopic (exact) mass is 498 g/mol. The van der Waals surface area contributed by atoms with Gasteiger partial charge < -0.3 is 15.2 Å².